The molecule has 7 heteroatoms. The maximum Gasteiger partial charge on any atom is 0.261 e. The lowest BCUT2D eigenvalue weighted by Crippen LogP contribution is -2.33. The fraction of sp³-hybridized carbons (Fsp3) is 0.286. The quantitative estimate of drug-likeness (QED) is 0.195. The van der Waals surface area contributed by atoms with Crippen LogP contribution in [0.1, 0.15) is 39.1 Å². The predicted molar refractivity (Wildman–Crippen MR) is 121 cm³/mol. The summed E-state index contributed by atoms with van der Waals surface area (Å²) in [5.41, 5.74) is 8.10. The van der Waals surface area contributed by atoms with Crippen molar-refractivity contribution in [3.05, 3.63) is 71.3 Å². The van der Waals surface area contributed by atoms with E-state index in [4.69, 9.17) is 5.73 Å². The lowest BCUT2D eigenvalue weighted by atomic mass is 10.1. The van der Waals surface area contributed by atoms with Crippen LogP contribution in [0.5, 0.6) is 0 Å². The molecule has 0 spiro atoms. The molecule has 0 saturated heterocycles. The highest BCUT2D eigenvalue weighted by Crippen LogP contribution is 2.22. The Morgan fingerprint density at radius 1 is 0.929 bits per heavy atom. The van der Waals surface area contributed by atoms with Gasteiger partial charge in [-0.15, -0.1) is 24.0 Å². The first-order valence-electron chi connectivity index (χ1n) is 9.20. The third kappa shape index (κ3) is 5.54. The highest BCUT2D eigenvalue weighted by atomic mass is 127. The molecule has 3 rings (SSSR count). The van der Waals surface area contributed by atoms with Gasteiger partial charge in [0.15, 0.2) is 5.96 Å². The number of hydrogen-bond donors (Lipinski definition) is 2. The molecule has 1 aliphatic heterocycles. The molecule has 0 aromatic heterocycles. The molecule has 1 aliphatic rings. The van der Waals surface area contributed by atoms with Gasteiger partial charge in [-0.25, -0.2) is 0 Å². The second kappa shape index (κ2) is 10.8. The molecule has 0 radical (unpaired) electrons. The Balaban J connectivity index is 0.00000280. The van der Waals surface area contributed by atoms with Crippen LogP contribution in [0.4, 0.5) is 0 Å². The van der Waals surface area contributed by atoms with Crippen molar-refractivity contribution in [1.82, 2.24) is 10.2 Å². The van der Waals surface area contributed by atoms with Gasteiger partial charge in [0.1, 0.15) is 0 Å². The predicted octanol–water partition coefficient (Wildman–Crippen LogP) is 2.83. The van der Waals surface area contributed by atoms with E-state index in [1.165, 1.54) is 10.5 Å². The van der Waals surface area contributed by atoms with Crippen LogP contribution in [0.3, 0.4) is 0 Å². The summed E-state index contributed by atoms with van der Waals surface area (Å²) in [7, 11) is 0. The largest absolute Gasteiger partial charge is 0.370 e. The normalized spacial score (nSPS) is 13.3. The number of unbranched alkanes of at least 4 members (excludes halogenated alkanes) is 1. The second-order valence-electron chi connectivity index (χ2n) is 6.44. The fourth-order valence-electron chi connectivity index (χ4n) is 3.06. The number of nitrogens with two attached hydrogens (primary N) is 1. The van der Waals surface area contributed by atoms with Crippen LogP contribution in [0.15, 0.2) is 59.6 Å². The number of hydrogen-bond acceptors (Lipinski definition) is 3. The van der Waals surface area contributed by atoms with Crippen molar-refractivity contribution in [2.45, 2.75) is 19.3 Å². The van der Waals surface area contributed by atoms with E-state index in [9.17, 15) is 9.59 Å². The number of carbonyl (C=O) groups is 2. The summed E-state index contributed by atoms with van der Waals surface area (Å²) in [5, 5.41) is 3.10. The zero-order chi connectivity index (χ0) is 19.1. The monoisotopic (exact) mass is 492 g/mol. The van der Waals surface area contributed by atoms with Gasteiger partial charge in [-0.1, -0.05) is 42.5 Å². The number of benzene rings is 2. The summed E-state index contributed by atoms with van der Waals surface area (Å²) in [6.45, 7) is 1.70. The molecule has 28 heavy (non-hydrogen) atoms. The third-order valence-electron chi connectivity index (χ3n) is 4.51. The average molecular weight is 492 g/mol. The molecule has 0 bridgehead atoms. The molecule has 0 unspecified atom stereocenters. The van der Waals surface area contributed by atoms with E-state index in [1.807, 2.05) is 18.2 Å². The number of halogens is 1. The number of rotatable bonds is 8. The Bertz CT molecular complexity index is 804. The minimum Gasteiger partial charge on any atom is -0.370 e. The van der Waals surface area contributed by atoms with Crippen molar-refractivity contribution in [3.8, 4) is 0 Å². The van der Waals surface area contributed by atoms with Crippen molar-refractivity contribution >= 4 is 41.8 Å². The molecular formula is C21H25IN4O2. The Labute approximate surface area is 182 Å². The number of guanidine groups is 1. The molecule has 0 atom stereocenters. The van der Waals surface area contributed by atoms with Crippen molar-refractivity contribution in [2.24, 2.45) is 10.7 Å². The molecule has 2 aromatic rings. The van der Waals surface area contributed by atoms with E-state index >= 15 is 0 Å². The van der Waals surface area contributed by atoms with E-state index in [0.717, 1.165) is 19.4 Å². The van der Waals surface area contributed by atoms with E-state index < -0.39 is 0 Å². The first-order valence-corrected chi connectivity index (χ1v) is 9.20. The fourth-order valence-corrected chi connectivity index (χ4v) is 3.06. The summed E-state index contributed by atoms with van der Waals surface area (Å²) in [5.74, 6) is 0.00838. The molecule has 1 heterocycles. The maximum atomic E-state index is 12.3. The van der Waals surface area contributed by atoms with Crippen LogP contribution >= 0.6 is 24.0 Å². The standard InChI is InChI=1S/C21H24N4O2.HI/c22-21(24-14-12-16-8-2-1-3-9-16)23-13-6-7-15-25-19(26)17-10-4-5-11-18(17)20(25)27;/h1-5,8-11H,6-7,12-15H2,(H3,22,23,24);1H. The smallest absolute Gasteiger partial charge is 0.261 e. The molecular weight excluding hydrogens is 467 g/mol. The lowest BCUT2D eigenvalue weighted by Gasteiger charge is -2.13. The SMILES string of the molecule is I.NC(=NCCCCN1C(=O)c2ccccc2C1=O)NCCc1ccccc1. The number of amides is 2. The molecule has 0 aliphatic carbocycles. The zero-order valence-electron chi connectivity index (χ0n) is 15.6. The summed E-state index contributed by atoms with van der Waals surface area (Å²) in [4.78, 5) is 30.1. The Hall–Kier alpha value is -2.42. The van der Waals surface area contributed by atoms with Crippen LogP contribution < -0.4 is 11.1 Å². The van der Waals surface area contributed by atoms with Gasteiger partial charge in [-0.2, -0.15) is 0 Å². The number of imide groups is 1. The Morgan fingerprint density at radius 3 is 2.18 bits per heavy atom. The molecule has 2 amide bonds. The molecule has 2 aromatic carbocycles. The van der Waals surface area contributed by atoms with E-state index in [1.54, 1.807) is 24.3 Å². The van der Waals surface area contributed by atoms with Gasteiger partial charge in [0.05, 0.1) is 11.1 Å². The van der Waals surface area contributed by atoms with Gasteiger partial charge in [-0.3, -0.25) is 19.5 Å². The Morgan fingerprint density at radius 2 is 1.54 bits per heavy atom. The summed E-state index contributed by atoms with van der Waals surface area (Å²) < 4.78 is 0. The van der Waals surface area contributed by atoms with Crippen LogP contribution in [0, 0.1) is 0 Å². The number of nitrogens with one attached hydrogen (secondary N) is 1. The van der Waals surface area contributed by atoms with Crippen LogP contribution in [0.25, 0.3) is 0 Å². The van der Waals surface area contributed by atoms with Crippen LogP contribution in [-0.2, 0) is 6.42 Å². The van der Waals surface area contributed by atoms with E-state index in [2.05, 4.69) is 22.4 Å². The summed E-state index contributed by atoms with van der Waals surface area (Å²) in [6, 6.07) is 17.1. The highest BCUT2D eigenvalue weighted by Gasteiger charge is 2.34. The molecule has 6 nitrogen and oxygen atoms in total. The lowest BCUT2D eigenvalue weighted by molar-refractivity contribution is 0.0652. The molecule has 0 saturated carbocycles. The second-order valence-corrected chi connectivity index (χ2v) is 6.44. The van der Waals surface area contributed by atoms with Crippen molar-refractivity contribution in [2.75, 3.05) is 19.6 Å². The van der Waals surface area contributed by atoms with E-state index in [0.29, 0.717) is 36.6 Å². The van der Waals surface area contributed by atoms with E-state index in [-0.39, 0.29) is 35.8 Å². The summed E-state index contributed by atoms with van der Waals surface area (Å²) in [6.07, 6.45) is 2.34. The number of fused-ring (bicyclic) bond motifs is 1. The number of carbonyl (C=O) groups excluding carboxylic acids is 2. The van der Waals surface area contributed by atoms with Gasteiger partial charge in [-0.05, 0) is 37.0 Å². The number of nitrogens with zero attached hydrogens (tertiary/aromatic N) is 2. The molecule has 148 valence electrons. The van der Waals surface area contributed by atoms with Gasteiger partial charge in [0.2, 0.25) is 0 Å². The molecule has 0 fully saturated rings. The highest BCUT2D eigenvalue weighted by molar-refractivity contribution is 14.0. The third-order valence-corrected chi connectivity index (χ3v) is 4.51. The van der Waals surface area contributed by atoms with Crippen LogP contribution in [0.2, 0.25) is 0 Å². The van der Waals surface area contributed by atoms with Gasteiger partial charge in [0.25, 0.3) is 11.8 Å². The number of aliphatic imine (C=N–C) groups is 1. The minimum absolute atomic E-state index is 0. The van der Waals surface area contributed by atoms with Gasteiger partial charge < -0.3 is 11.1 Å². The first kappa shape index (κ1) is 21.9. The van der Waals surface area contributed by atoms with Crippen LogP contribution in [-0.4, -0.2) is 42.3 Å². The first-order chi connectivity index (χ1) is 13.2. The molecule has 3 N–H and O–H groups in total. The summed E-state index contributed by atoms with van der Waals surface area (Å²) >= 11 is 0. The topological polar surface area (TPSA) is 87.8 Å². The maximum absolute atomic E-state index is 12.3. The minimum atomic E-state index is -0.207. The van der Waals surface area contributed by atoms with Crippen molar-refractivity contribution in [3.63, 3.8) is 0 Å². The van der Waals surface area contributed by atoms with Gasteiger partial charge in [0, 0.05) is 19.6 Å². The Kier molecular flexibility index (Phi) is 8.43. The average Bonchev–Trinajstić information content (AvgIpc) is 2.93. The van der Waals surface area contributed by atoms with Crippen molar-refractivity contribution in [1.29, 1.82) is 0 Å². The zero-order valence-corrected chi connectivity index (χ0v) is 18.0. The van der Waals surface area contributed by atoms with Gasteiger partial charge >= 0.3 is 0 Å². The van der Waals surface area contributed by atoms with Crippen molar-refractivity contribution < 1.29 is 9.59 Å².